The molecular weight excluding hydrogens is 336 g/mol. The van der Waals surface area contributed by atoms with Crippen LogP contribution in [0.25, 0.3) is 5.69 Å². The highest BCUT2D eigenvalue weighted by Crippen LogP contribution is 2.28. The average Bonchev–Trinajstić information content (AvgIpc) is 3.08. The molecule has 0 saturated carbocycles. The number of likely N-dealkylation sites (N-methyl/N-ethyl adjacent to an activating group) is 1. The van der Waals surface area contributed by atoms with Gasteiger partial charge in [-0.1, -0.05) is 52.3 Å². The molecule has 0 aliphatic carbocycles. The van der Waals surface area contributed by atoms with E-state index in [9.17, 15) is 4.79 Å². The summed E-state index contributed by atoms with van der Waals surface area (Å²) >= 11 is 0. The molecule has 2 aromatic rings. The van der Waals surface area contributed by atoms with Crippen molar-refractivity contribution in [3.05, 3.63) is 47.3 Å². The first-order valence-electron chi connectivity index (χ1n) is 10.3. The fourth-order valence-electron chi connectivity index (χ4n) is 3.85. The zero-order valence-electron chi connectivity index (χ0n) is 17.1. The third kappa shape index (κ3) is 4.08. The number of carbonyl (C=O) groups excluding carboxylic acids is 1. The fourth-order valence-corrected chi connectivity index (χ4v) is 3.85. The average molecular weight is 369 g/mol. The van der Waals surface area contributed by atoms with Crippen LogP contribution in [-0.2, 0) is 6.42 Å². The Bertz CT molecular complexity index is 758. The van der Waals surface area contributed by atoms with Crippen molar-refractivity contribution in [1.82, 2.24) is 19.6 Å². The predicted molar refractivity (Wildman–Crippen MR) is 110 cm³/mol. The number of aryl methyl sites for hydroxylation is 1. The lowest BCUT2D eigenvalue weighted by Crippen LogP contribution is -2.48. The van der Waals surface area contributed by atoms with Crippen LogP contribution < -0.4 is 0 Å². The van der Waals surface area contributed by atoms with Crippen molar-refractivity contribution in [3.8, 4) is 5.69 Å². The van der Waals surface area contributed by atoms with Crippen LogP contribution >= 0.6 is 0 Å². The van der Waals surface area contributed by atoms with E-state index in [4.69, 9.17) is 5.10 Å². The lowest BCUT2D eigenvalue weighted by Gasteiger charge is -2.34. The van der Waals surface area contributed by atoms with Crippen molar-refractivity contribution in [2.24, 2.45) is 0 Å². The van der Waals surface area contributed by atoms with E-state index in [1.807, 2.05) is 27.8 Å². The molecule has 1 aromatic heterocycles. The number of piperazine rings is 1. The topological polar surface area (TPSA) is 41.4 Å². The van der Waals surface area contributed by atoms with Gasteiger partial charge in [0.1, 0.15) is 0 Å². The van der Waals surface area contributed by atoms with E-state index < -0.39 is 0 Å². The Kier molecular flexibility index (Phi) is 6.32. The van der Waals surface area contributed by atoms with Gasteiger partial charge in [0.05, 0.1) is 22.6 Å². The normalized spacial score (nSPS) is 15.5. The number of benzene rings is 1. The molecule has 1 fully saturated rings. The first-order valence-corrected chi connectivity index (χ1v) is 10.3. The molecule has 5 heteroatoms. The van der Waals surface area contributed by atoms with Crippen LogP contribution in [0.1, 0.15) is 61.8 Å². The Morgan fingerprint density at radius 3 is 2.30 bits per heavy atom. The third-order valence-electron chi connectivity index (χ3n) is 5.35. The molecule has 0 bridgehead atoms. The summed E-state index contributed by atoms with van der Waals surface area (Å²) in [6.07, 6.45) is 1.81. The van der Waals surface area contributed by atoms with E-state index in [0.717, 1.165) is 68.2 Å². The lowest BCUT2D eigenvalue weighted by atomic mass is 10.00. The van der Waals surface area contributed by atoms with Gasteiger partial charge in [-0.2, -0.15) is 5.10 Å². The van der Waals surface area contributed by atoms with Crippen LogP contribution in [0.5, 0.6) is 0 Å². The summed E-state index contributed by atoms with van der Waals surface area (Å²) in [5, 5.41) is 4.90. The Hall–Kier alpha value is -2.14. The Morgan fingerprint density at radius 1 is 1.07 bits per heavy atom. The number of para-hydroxylation sites is 1. The maximum atomic E-state index is 13.5. The van der Waals surface area contributed by atoms with Crippen molar-refractivity contribution in [3.63, 3.8) is 0 Å². The van der Waals surface area contributed by atoms with Gasteiger partial charge >= 0.3 is 0 Å². The lowest BCUT2D eigenvalue weighted by molar-refractivity contribution is 0.0640. The molecule has 0 N–H and O–H groups in total. The summed E-state index contributed by atoms with van der Waals surface area (Å²) in [4.78, 5) is 17.9. The SMILES string of the molecule is CCCc1nn(-c2ccccc2)c(C(C)C)c1C(=O)N1CCN(CC)CC1. The van der Waals surface area contributed by atoms with Crippen molar-refractivity contribution >= 4 is 5.91 Å². The minimum atomic E-state index is 0.153. The van der Waals surface area contributed by atoms with Crippen molar-refractivity contribution in [2.45, 2.75) is 46.5 Å². The second-order valence-corrected chi connectivity index (χ2v) is 7.59. The monoisotopic (exact) mass is 368 g/mol. The van der Waals surface area contributed by atoms with Crippen molar-refractivity contribution in [2.75, 3.05) is 32.7 Å². The quantitative estimate of drug-likeness (QED) is 0.780. The van der Waals surface area contributed by atoms with Gasteiger partial charge < -0.3 is 9.80 Å². The van der Waals surface area contributed by atoms with Gasteiger partial charge in [-0.25, -0.2) is 4.68 Å². The zero-order chi connectivity index (χ0) is 19.4. The molecule has 0 radical (unpaired) electrons. The van der Waals surface area contributed by atoms with Gasteiger partial charge in [0.15, 0.2) is 0 Å². The van der Waals surface area contributed by atoms with Crippen LogP contribution in [0.4, 0.5) is 0 Å². The number of carbonyl (C=O) groups is 1. The van der Waals surface area contributed by atoms with Crippen LogP contribution in [0, 0.1) is 0 Å². The number of aromatic nitrogens is 2. The molecule has 1 aliphatic heterocycles. The number of hydrogen-bond acceptors (Lipinski definition) is 3. The van der Waals surface area contributed by atoms with Gasteiger partial charge in [-0.3, -0.25) is 4.79 Å². The molecule has 3 rings (SSSR count). The maximum Gasteiger partial charge on any atom is 0.257 e. The van der Waals surface area contributed by atoms with E-state index in [2.05, 4.69) is 44.7 Å². The molecule has 1 aliphatic rings. The second-order valence-electron chi connectivity index (χ2n) is 7.59. The number of hydrogen-bond donors (Lipinski definition) is 0. The van der Waals surface area contributed by atoms with Gasteiger partial charge in [0.2, 0.25) is 0 Å². The molecule has 1 saturated heterocycles. The summed E-state index contributed by atoms with van der Waals surface area (Å²) in [6, 6.07) is 10.2. The summed E-state index contributed by atoms with van der Waals surface area (Å²) in [5.74, 6) is 0.374. The molecule has 1 aromatic carbocycles. The van der Waals surface area contributed by atoms with Crippen LogP contribution in [0.2, 0.25) is 0 Å². The Morgan fingerprint density at radius 2 is 1.74 bits per heavy atom. The number of rotatable bonds is 6. The standard InChI is InChI=1S/C22H32N4O/c1-5-10-19-20(22(27)25-15-13-24(6-2)14-16-25)21(17(3)4)26(23-19)18-11-8-7-9-12-18/h7-9,11-12,17H,5-6,10,13-16H2,1-4H3. The van der Waals surface area contributed by atoms with Gasteiger partial charge in [-0.15, -0.1) is 0 Å². The molecular formula is C22H32N4O. The summed E-state index contributed by atoms with van der Waals surface area (Å²) in [7, 11) is 0. The van der Waals surface area contributed by atoms with E-state index in [0.29, 0.717) is 0 Å². The maximum absolute atomic E-state index is 13.5. The molecule has 146 valence electrons. The Balaban J connectivity index is 2.02. The fraction of sp³-hybridized carbons (Fsp3) is 0.545. The molecule has 0 atom stereocenters. The highest BCUT2D eigenvalue weighted by molar-refractivity contribution is 5.97. The van der Waals surface area contributed by atoms with Crippen LogP contribution in [0.15, 0.2) is 30.3 Å². The van der Waals surface area contributed by atoms with Crippen LogP contribution in [0.3, 0.4) is 0 Å². The van der Waals surface area contributed by atoms with E-state index in [1.54, 1.807) is 0 Å². The van der Waals surface area contributed by atoms with Gasteiger partial charge in [-0.05, 0) is 31.0 Å². The number of amides is 1. The minimum absolute atomic E-state index is 0.153. The first-order chi connectivity index (χ1) is 13.1. The van der Waals surface area contributed by atoms with Crippen molar-refractivity contribution < 1.29 is 4.79 Å². The van der Waals surface area contributed by atoms with E-state index in [1.165, 1.54) is 0 Å². The highest BCUT2D eigenvalue weighted by Gasteiger charge is 2.30. The molecule has 0 unspecified atom stereocenters. The molecule has 2 heterocycles. The molecule has 27 heavy (non-hydrogen) atoms. The Labute approximate surface area is 163 Å². The first kappa shape index (κ1) is 19.6. The van der Waals surface area contributed by atoms with Gasteiger partial charge in [0.25, 0.3) is 5.91 Å². The minimum Gasteiger partial charge on any atom is -0.336 e. The van der Waals surface area contributed by atoms with Crippen molar-refractivity contribution in [1.29, 1.82) is 0 Å². The second kappa shape index (κ2) is 8.70. The van der Waals surface area contributed by atoms with Crippen LogP contribution in [-0.4, -0.2) is 58.2 Å². The predicted octanol–water partition coefficient (Wildman–Crippen LogP) is 3.73. The summed E-state index contributed by atoms with van der Waals surface area (Å²) in [6.45, 7) is 13.2. The molecule has 0 spiro atoms. The number of nitrogens with zero attached hydrogens (tertiary/aromatic N) is 4. The smallest absolute Gasteiger partial charge is 0.257 e. The third-order valence-corrected chi connectivity index (χ3v) is 5.35. The van der Waals surface area contributed by atoms with E-state index in [-0.39, 0.29) is 11.8 Å². The largest absolute Gasteiger partial charge is 0.336 e. The summed E-state index contributed by atoms with van der Waals surface area (Å²) < 4.78 is 1.99. The van der Waals surface area contributed by atoms with E-state index >= 15 is 0 Å². The summed E-state index contributed by atoms with van der Waals surface area (Å²) in [5.41, 5.74) is 3.83. The van der Waals surface area contributed by atoms with Gasteiger partial charge in [0, 0.05) is 26.2 Å². The molecule has 1 amide bonds. The molecule has 5 nitrogen and oxygen atoms in total. The zero-order valence-corrected chi connectivity index (χ0v) is 17.1. The highest BCUT2D eigenvalue weighted by atomic mass is 16.2.